The fraction of sp³-hybridized carbons (Fsp3) is 0.409. The zero-order valence-corrected chi connectivity index (χ0v) is 18.0. The van der Waals surface area contributed by atoms with Gasteiger partial charge in [-0.15, -0.1) is 12.4 Å². The zero-order chi connectivity index (χ0) is 19.9. The molecule has 0 saturated heterocycles. The van der Waals surface area contributed by atoms with Gasteiger partial charge in [0.15, 0.2) is 0 Å². The second-order valence-electron chi connectivity index (χ2n) is 8.05. The lowest BCUT2D eigenvalue weighted by atomic mass is 9.59. The molecule has 0 aliphatic heterocycles. The second kappa shape index (κ2) is 8.46. The molecule has 0 heterocycles. The Morgan fingerprint density at radius 1 is 1.07 bits per heavy atom. The molecule has 2 aromatic carbocycles. The van der Waals surface area contributed by atoms with Gasteiger partial charge in [-0.1, -0.05) is 48.5 Å². The highest BCUT2D eigenvalue weighted by molar-refractivity contribution is 7.90. The highest BCUT2D eigenvalue weighted by Crippen LogP contribution is 2.55. The van der Waals surface area contributed by atoms with E-state index < -0.39 is 15.9 Å². The minimum atomic E-state index is -3.12. The van der Waals surface area contributed by atoms with Gasteiger partial charge in [0.1, 0.15) is 9.84 Å². The van der Waals surface area contributed by atoms with E-state index in [-0.39, 0.29) is 36.4 Å². The molecule has 5 rings (SSSR count). The molecular weight excluding hydrogens is 408 g/mol. The summed E-state index contributed by atoms with van der Waals surface area (Å²) in [5.41, 5.74) is 11.4. The van der Waals surface area contributed by atoms with Gasteiger partial charge in [-0.3, -0.25) is 4.79 Å². The number of hydrogen-bond donors (Lipinski definition) is 2. The van der Waals surface area contributed by atoms with Crippen molar-refractivity contribution in [3.63, 3.8) is 0 Å². The van der Waals surface area contributed by atoms with Crippen LogP contribution in [0.25, 0.3) is 0 Å². The average Bonchev–Trinajstić information content (AvgIpc) is 2.69. The van der Waals surface area contributed by atoms with Crippen LogP contribution in [0.4, 0.5) is 0 Å². The molecule has 0 aromatic heterocycles. The van der Waals surface area contributed by atoms with E-state index in [4.69, 9.17) is 5.73 Å². The van der Waals surface area contributed by atoms with Crippen LogP contribution in [0.15, 0.2) is 48.5 Å². The Hall–Kier alpha value is -1.89. The zero-order valence-electron chi connectivity index (χ0n) is 16.4. The monoisotopic (exact) mass is 434 g/mol. The van der Waals surface area contributed by atoms with Gasteiger partial charge in [-0.2, -0.15) is 0 Å². The summed E-state index contributed by atoms with van der Waals surface area (Å²) in [5.74, 6) is 0.590. The molecule has 156 valence electrons. The first-order chi connectivity index (χ1) is 13.3. The van der Waals surface area contributed by atoms with E-state index in [9.17, 15) is 13.2 Å². The number of benzene rings is 2. The van der Waals surface area contributed by atoms with E-state index in [2.05, 4.69) is 53.8 Å². The number of nitrogens with one attached hydrogen (secondary N) is 1. The number of carbonyl (C=O) groups is 1. The summed E-state index contributed by atoms with van der Waals surface area (Å²) >= 11 is 0. The summed E-state index contributed by atoms with van der Waals surface area (Å²) < 4.78 is 22.6. The van der Waals surface area contributed by atoms with Crippen LogP contribution < -0.4 is 11.1 Å². The molecule has 0 fully saturated rings. The number of rotatable bonds is 6. The third-order valence-electron chi connectivity index (χ3n) is 6.10. The van der Waals surface area contributed by atoms with Gasteiger partial charge >= 0.3 is 0 Å². The van der Waals surface area contributed by atoms with Crippen LogP contribution >= 0.6 is 12.4 Å². The molecular formula is C22H27ClN2O3S. The maximum Gasteiger partial charge on any atom is 0.236 e. The van der Waals surface area contributed by atoms with Gasteiger partial charge in [0.2, 0.25) is 5.91 Å². The molecule has 2 aromatic rings. The van der Waals surface area contributed by atoms with Crippen LogP contribution in [0, 0.1) is 5.92 Å². The first-order valence-corrected chi connectivity index (χ1v) is 11.8. The fourth-order valence-corrected chi connectivity index (χ4v) is 5.48. The number of nitrogens with two attached hydrogens (primary N) is 1. The Kier molecular flexibility index (Phi) is 6.36. The highest BCUT2D eigenvalue weighted by atomic mass is 35.5. The van der Waals surface area contributed by atoms with Gasteiger partial charge in [-0.25, -0.2) is 8.42 Å². The van der Waals surface area contributed by atoms with Gasteiger partial charge in [0.05, 0.1) is 11.8 Å². The molecule has 29 heavy (non-hydrogen) atoms. The van der Waals surface area contributed by atoms with Crippen molar-refractivity contribution in [3.8, 4) is 0 Å². The van der Waals surface area contributed by atoms with Crippen LogP contribution in [0.1, 0.15) is 46.9 Å². The topological polar surface area (TPSA) is 89.3 Å². The summed E-state index contributed by atoms with van der Waals surface area (Å²) in [4.78, 5) is 12.4. The van der Waals surface area contributed by atoms with Crippen molar-refractivity contribution >= 4 is 28.2 Å². The summed E-state index contributed by atoms with van der Waals surface area (Å²) in [5, 5.41) is 2.98. The second-order valence-corrected chi connectivity index (χ2v) is 10.3. The summed E-state index contributed by atoms with van der Waals surface area (Å²) in [6.07, 6.45) is 2.30. The molecule has 1 amide bonds. The smallest absolute Gasteiger partial charge is 0.236 e. The van der Waals surface area contributed by atoms with Crippen LogP contribution in [0.3, 0.4) is 0 Å². The number of hydrogen-bond acceptors (Lipinski definition) is 4. The van der Waals surface area contributed by atoms with Crippen molar-refractivity contribution in [3.05, 3.63) is 70.8 Å². The number of fused-ring (bicyclic) bond motifs is 1. The number of carbonyl (C=O) groups excluding carboxylic acids is 1. The number of amides is 1. The van der Waals surface area contributed by atoms with Crippen LogP contribution in [-0.2, 0) is 14.6 Å². The minimum absolute atomic E-state index is 0. The van der Waals surface area contributed by atoms with Gasteiger partial charge in [0.25, 0.3) is 0 Å². The SMILES string of the molecule is CS(=O)(=O)CCC(N)C(=O)NCC1CC2c3ccccc3C1c1ccccc12.Cl. The molecule has 2 unspecified atom stereocenters. The lowest BCUT2D eigenvalue weighted by molar-refractivity contribution is -0.122. The van der Waals surface area contributed by atoms with Crippen molar-refractivity contribution in [1.82, 2.24) is 5.32 Å². The lowest BCUT2D eigenvalue weighted by Crippen LogP contribution is -2.45. The Morgan fingerprint density at radius 2 is 1.59 bits per heavy atom. The maximum atomic E-state index is 12.4. The Balaban J connectivity index is 0.00000240. The predicted octanol–water partition coefficient (Wildman–Crippen LogP) is 2.58. The quantitative estimate of drug-likeness (QED) is 0.731. The van der Waals surface area contributed by atoms with E-state index in [1.807, 2.05) is 0 Å². The Morgan fingerprint density at radius 3 is 2.10 bits per heavy atom. The van der Waals surface area contributed by atoms with Crippen LogP contribution in [0.5, 0.6) is 0 Å². The minimum Gasteiger partial charge on any atom is -0.354 e. The predicted molar refractivity (Wildman–Crippen MR) is 117 cm³/mol. The van der Waals surface area contributed by atoms with E-state index in [0.717, 1.165) is 12.7 Å². The maximum absolute atomic E-state index is 12.4. The normalized spacial score (nSPS) is 22.8. The number of halogens is 1. The van der Waals surface area contributed by atoms with Crippen molar-refractivity contribution in [1.29, 1.82) is 0 Å². The lowest BCUT2D eigenvalue weighted by Gasteiger charge is -2.45. The largest absolute Gasteiger partial charge is 0.354 e. The van der Waals surface area contributed by atoms with Crippen molar-refractivity contribution in [2.24, 2.45) is 11.7 Å². The first-order valence-electron chi connectivity index (χ1n) is 9.74. The Labute approximate surface area is 178 Å². The third kappa shape index (κ3) is 4.34. The van der Waals surface area contributed by atoms with Crippen LogP contribution in [0.2, 0.25) is 0 Å². The van der Waals surface area contributed by atoms with E-state index in [0.29, 0.717) is 18.4 Å². The molecule has 0 radical (unpaired) electrons. The van der Waals surface area contributed by atoms with E-state index >= 15 is 0 Å². The molecule has 5 nitrogen and oxygen atoms in total. The van der Waals surface area contributed by atoms with E-state index in [1.54, 1.807) is 0 Å². The van der Waals surface area contributed by atoms with Crippen LogP contribution in [-0.4, -0.2) is 38.9 Å². The molecule has 3 aliphatic carbocycles. The van der Waals surface area contributed by atoms with E-state index in [1.165, 1.54) is 22.3 Å². The molecule has 0 saturated carbocycles. The molecule has 2 bridgehead atoms. The summed E-state index contributed by atoms with van der Waals surface area (Å²) in [6.45, 7) is 0.551. The molecule has 7 heteroatoms. The highest BCUT2D eigenvalue weighted by Gasteiger charge is 2.42. The average molecular weight is 435 g/mol. The first kappa shape index (κ1) is 21.8. The van der Waals surface area contributed by atoms with Crippen molar-refractivity contribution < 1.29 is 13.2 Å². The van der Waals surface area contributed by atoms with Gasteiger partial charge < -0.3 is 11.1 Å². The summed E-state index contributed by atoms with van der Waals surface area (Å²) in [6, 6.07) is 16.4. The Bertz CT molecular complexity index is 961. The van der Waals surface area contributed by atoms with Crippen molar-refractivity contribution in [2.45, 2.75) is 30.7 Å². The fourth-order valence-electron chi connectivity index (χ4n) is 4.79. The molecule has 0 spiro atoms. The van der Waals surface area contributed by atoms with Crippen molar-refractivity contribution in [2.75, 3.05) is 18.6 Å². The molecule has 3 N–H and O–H groups in total. The van der Waals surface area contributed by atoms with Gasteiger partial charge in [0, 0.05) is 24.6 Å². The number of sulfone groups is 1. The van der Waals surface area contributed by atoms with Gasteiger partial charge in [-0.05, 0) is 41.0 Å². The standard InChI is InChI=1S/C22H26N2O3S.ClH/c1-28(26,27)11-10-20(23)22(25)24-13-14-12-19-15-6-2-4-8-17(15)21(14)18-9-5-3-7-16(18)19;/h2-9,14,19-21H,10-13,23H2,1H3,(H,24,25);1H. The summed E-state index contributed by atoms with van der Waals surface area (Å²) in [7, 11) is -3.12. The molecule has 3 aliphatic rings. The third-order valence-corrected chi connectivity index (χ3v) is 7.08. The molecule has 2 atom stereocenters.